The number of ketones is 6. The maximum absolute atomic E-state index is 12.7. The van der Waals surface area contributed by atoms with E-state index in [4.69, 9.17) is 34.8 Å². The predicted octanol–water partition coefficient (Wildman–Crippen LogP) is 25.0. The number of halogens is 7. The quantitative estimate of drug-likeness (QED) is 0.0382. The Labute approximate surface area is 656 Å². The van der Waals surface area contributed by atoms with E-state index < -0.39 is 31.3 Å². The van der Waals surface area contributed by atoms with Crippen LogP contribution in [-0.4, -0.2) is 66.6 Å². The zero-order chi connectivity index (χ0) is 80.3. The van der Waals surface area contributed by atoms with Gasteiger partial charge in [-0.3, -0.25) is 28.8 Å². The average molecular weight is 1680 g/mol. The highest BCUT2D eigenvalue weighted by Gasteiger charge is 2.23. The molecule has 0 fully saturated rings. The van der Waals surface area contributed by atoms with Crippen LogP contribution in [0.25, 0.3) is 6.08 Å². The number of allylic oxidation sites excluding steroid dienone is 3. The van der Waals surface area contributed by atoms with Gasteiger partial charge in [-0.2, -0.15) is 0 Å². The second kappa shape index (κ2) is 48.5. The monoisotopic (exact) mass is 1680 g/mol. The van der Waals surface area contributed by atoms with Gasteiger partial charge in [-0.05, 0) is 161 Å². The molecule has 0 amide bonds. The lowest BCUT2D eigenvalue weighted by molar-refractivity contribution is -0.121. The third-order valence-electron chi connectivity index (χ3n) is 14.9. The van der Waals surface area contributed by atoms with Crippen LogP contribution < -0.4 is 0 Å². The minimum absolute atomic E-state index is 0.0346. The molecule has 0 radical (unpaired) electrons. The number of aromatic nitrogens is 1. The van der Waals surface area contributed by atoms with Gasteiger partial charge >= 0.3 is 0 Å². The first-order valence-electron chi connectivity index (χ1n) is 34.5. The molecule has 0 aliphatic carbocycles. The van der Waals surface area contributed by atoms with Crippen LogP contribution in [0, 0.1) is 47.1 Å². The number of sulfone groups is 2. The molecule has 2 aromatic heterocycles. The SMILES string of the molecule is C/C(=C\c1ccccc1)C(=O)C(C)C.CC(C)C(=O)c1c(Cl)cc(Cl)cc1Cl.CC(C)C(=O)c1cc(Br)c(Br)n1C.CC(C)C(=O)c1cc(F)cc(F)c1.CC(C)C(=O)c1ccc(C(C)(C)C)cc1.CC(C)S(=O)(=O)c1ccccc1.CC(C)S(=O)(=O)c1cccs1.CCCC=CCCC(=O)C(C)C. The number of hydrogen-bond acceptors (Lipinski definition) is 11. The van der Waals surface area contributed by atoms with Crippen LogP contribution in [-0.2, 0) is 41.7 Å². The molecular weight excluding hydrogens is 1570 g/mol. The van der Waals surface area contributed by atoms with Gasteiger partial charge in [-0.1, -0.05) is 243 Å². The van der Waals surface area contributed by atoms with Gasteiger partial charge < -0.3 is 4.57 Å². The standard InChI is InChI=1S/C14H20O.C13H16O.C11H20O.C10H9Cl3O.C10H10F2O.C9H11Br2NO.C9H12O2S.C7H10O2S2/c1-10(2)13(15)11-6-8-12(9-7-11)14(3,4)5;1-10(2)13(14)11(3)9-12-7-5-4-6-8-12;1-4-5-6-7-8-9-11(12)10(2)3;1-5(2)10(14)9-7(12)3-6(11)4-8(9)13;1-6(2)10(13)7-3-8(11)5-9(12)4-7;1-5(2)8(13)7-4-6(10)9(11)12(7)3;1-8(2)12(10,11)9-6-4-3-5-7-9;1-6(2)11(8,9)7-4-3-5-10-7/h6-10H,1-5H3;4-10H,1-3H3;6-7,10H,4-5,8-9H2,1-3H3;3-5H,1-2H3;3-6H,1-2H3;4-5H,1-3H3;3-8H,1-2H3;3-6H,1-2H3/b;11-9+;;;;;;. The maximum atomic E-state index is 12.7. The summed E-state index contributed by atoms with van der Waals surface area (Å²) in [5.41, 5.74) is 5.32. The number of carbonyl (C=O) groups is 6. The fourth-order valence-corrected chi connectivity index (χ4v) is 13.8. The van der Waals surface area contributed by atoms with Crippen molar-refractivity contribution in [2.75, 3.05) is 0 Å². The van der Waals surface area contributed by atoms with E-state index in [0.29, 0.717) is 41.9 Å². The zero-order valence-electron chi connectivity index (χ0n) is 64.4. The van der Waals surface area contributed by atoms with Crippen molar-refractivity contribution in [3.05, 3.63) is 226 Å². The predicted molar refractivity (Wildman–Crippen MR) is 439 cm³/mol. The molecule has 0 spiro atoms. The molecule has 0 saturated carbocycles. The molecule has 0 N–H and O–H groups in total. The third kappa shape index (κ3) is 35.7. The number of carbonyl (C=O) groups excluding carboxylic acids is 6. The molecule has 104 heavy (non-hydrogen) atoms. The second-order valence-corrected chi connectivity index (χ2v) is 36.7. The van der Waals surface area contributed by atoms with E-state index >= 15 is 0 Å². The fourth-order valence-electron chi connectivity index (χ4n) is 8.42. The van der Waals surface area contributed by atoms with Crippen LogP contribution in [0.1, 0.15) is 224 Å². The molecule has 2 heterocycles. The Kier molecular flexibility index (Phi) is 45.8. The van der Waals surface area contributed by atoms with Crippen molar-refractivity contribution in [3.8, 4) is 0 Å². The van der Waals surface area contributed by atoms with Crippen molar-refractivity contribution in [2.45, 2.75) is 196 Å². The molecule has 0 aliphatic rings. The van der Waals surface area contributed by atoms with E-state index in [1.54, 1.807) is 103 Å². The van der Waals surface area contributed by atoms with Crippen LogP contribution in [0.5, 0.6) is 0 Å². The molecule has 0 aliphatic heterocycles. The first-order valence-corrected chi connectivity index (χ1v) is 41.2. The molecule has 0 bridgehead atoms. The fraction of sp³-hybridized carbons (Fsp3) is 0.422. The van der Waals surface area contributed by atoms with Gasteiger partial charge in [0, 0.05) is 71.2 Å². The number of thiophene rings is 1. The lowest BCUT2D eigenvalue weighted by Gasteiger charge is -2.19. The van der Waals surface area contributed by atoms with Crippen molar-refractivity contribution in [1.82, 2.24) is 4.57 Å². The van der Waals surface area contributed by atoms with Crippen molar-refractivity contribution in [3.63, 3.8) is 0 Å². The highest BCUT2D eigenvalue weighted by atomic mass is 79.9. The minimum atomic E-state index is -3.08. The number of nitrogens with zero attached hydrogens (tertiary/aromatic N) is 1. The molecule has 7 aromatic rings. The van der Waals surface area contributed by atoms with Gasteiger partial charge in [0.2, 0.25) is 0 Å². The topological polar surface area (TPSA) is 176 Å². The molecule has 11 nitrogen and oxygen atoms in total. The van der Waals surface area contributed by atoms with Crippen LogP contribution >= 0.6 is 78.0 Å². The van der Waals surface area contributed by atoms with E-state index in [2.05, 4.69) is 83.8 Å². The summed E-state index contributed by atoms with van der Waals surface area (Å²) in [5.74, 6) is -0.790. The summed E-state index contributed by atoms with van der Waals surface area (Å²) in [7, 11) is -4.23. The smallest absolute Gasteiger partial charge is 0.190 e. The third-order valence-corrected chi connectivity index (χ3v) is 23.6. The van der Waals surface area contributed by atoms with Gasteiger partial charge in [0.1, 0.15) is 21.6 Å². The van der Waals surface area contributed by atoms with Crippen LogP contribution in [0.15, 0.2) is 175 Å². The highest BCUT2D eigenvalue weighted by molar-refractivity contribution is 9.13. The van der Waals surface area contributed by atoms with Gasteiger partial charge in [0.15, 0.2) is 48.6 Å². The summed E-state index contributed by atoms with van der Waals surface area (Å²) in [6.07, 6.45) is 10.2. The van der Waals surface area contributed by atoms with Gasteiger partial charge in [-0.25, -0.2) is 25.6 Å². The molecular formula is C83H108Br2Cl3F2NO10S3. The van der Waals surface area contributed by atoms with Crippen molar-refractivity contribution >= 4 is 138 Å². The largest absolute Gasteiger partial charge is 0.335 e. The lowest BCUT2D eigenvalue weighted by atomic mass is 9.86. The molecule has 0 saturated heterocycles. The average Bonchev–Trinajstić information content (AvgIpc) is 1.20. The van der Waals surface area contributed by atoms with E-state index in [-0.39, 0.29) is 85.9 Å². The van der Waals surface area contributed by atoms with E-state index in [9.17, 15) is 54.4 Å². The lowest BCUT2D eigenvalue weighted by Crippen LogP contribution is -2.13. The van der Waals surface area contributed by atoms with Crippen molar-refractivity contribution in [2.24, 2.45) is 42.6 Å². The van der Waals surface area contributed by atoms with Crippen molar-refractivity contribution < 1.29 is 54.4 Å². The Morgan fingerprint density at radius 3 is 1.38 bits per heavy atom. The van der Waals surface area contributed by atoms with Crippen LogP contribution in [0.2, 0.25) is 15.1 Å². The molecule has 572 valence electrons. The second-order valence-electron chi connectivity index (χ2n) is 27.6. The Bertz CT molecular complexity index is 4080. The van der Waals surface area contributed by atoms with Crippen molar-refractivity contribution in [1.29, 1.82) is 0 Å². The van der Waals surface area contributed by atoms with Gasteiger partial charge in [0.25, 0.3) is 0 Å². The molecule has 0 unspecified atom stereocenters. The summed E-state index contributed by atoms with van der Waals surface area (Å²) >= 11 is 25.5. The maximum Gasteiger partial charge on any atom is 0.190 e. The molecule has 7 rings (SSSR count). The number of benzene rings is 5. The van der Waals surface area contributed by atoms with Gasteiger partial charge in [0.05, 0.1) is 45.8 Å². The first-order chi connectivity index (χ1) is 48.1. The number of hydrogen-bond donors (Lipinski definition) is 0. The Morgan fingerprint density at radius 1 is 0.538 bits per heavy atom. The summed E-state index contributed by atoms with van der Waals surface area (Å²) in [4.78, 5) is 69.5. The van der Waals surface area contributed by atoms with E-state index in [1.165, 1.54) is 35.5 Å². The summed E-state index contributed by atoms with van der Waals surface area (Å²) in [6, 6.07) is 37.5. The Morgan fingerprint density at radius 2 is 0.990 bits per heavy atom. The number of unbranched alkanes of at least 4 members (excludes halogenated alkanes) is 1. The summed E-state index contributed by atoms with van der Waals surface area (Å²) in [6.45, 7) is 39.7. The number of rotatable bonds is 21. The Hall–Kier alpha value is -5.83. The number of Topliss-reactive ketones (excluding diaryl/α,β-unsaturated/α-hetero) is 6. The zero-order valence-corrected chi connectivity index (χ0v) is 72.2. The van der Waals surface area contributed by atoms with Gasteiger partial charge in [-0.15, -0.1) is 11.3 Å². The van der Waals surface area contributed by atoms with Crippen LogP contribution in [0.4, 0.5) is 8.78 Å². The summed E-state index contributed by atoms with van der Waals surface area (Å²) < 4.78 is 75.3. The normalized spacial score (nSPS) is 11.4. The molecule has 0 atom stereocenters. The minimum Gasteiger partial charge on any atom is -0.335 e. The first kappa shape index (κ1) is 98.2. The van der Waals surface area contributed by atoms with E-state index in [0.717, 1.165) is 62.5 Å². The highest BCUT2D eigenvalue weighted by Crippen LogP contribution is 2.32. The molecule has 5 aromatic carbocycles. The Balaban J connectivity index is 0.00000117. The van der Waals surface area contributed by atoms with E-state index in [1.807, 2.05) is 129 Å². The summed E-state index contributed by atoms with van der Waals surface area (Å²) in [5, 5.41) is 2.15. The van der Waals surface area contributed by atoms with Crippen LogP contribution in [0.3, 0.4) is 0 Å². The molecule has 21 heteroatoms.